The van der Waals surface area contributed by atoms with E-state index < -0.39 is 18.6 Å². The quantitative estimate of drug-likeness (QED) is 0.859. The van der Waals surface area contributed by atoms with Crippen LogP contribution in [-0.2, 0) is 0 Å². The largest absolute Gasteiger partial charge is 0.406 e. The van der Waals surface area contributed by atoms with E-state index in [1.165, 1.54) is 23.6 Å². The molecule has 0 unspecified atom stereocenters. The maximum atomic E-state index is 12.8. The predicted octanol–water partition coefficient (Wildman–Crippen LogP) is 3.97. The second-order valence-electron chi connectivity index (χ2n) is 4.52. The molecule has 112 valence electrons. The van der Waals surface area contributed by atoms with Gasteiger partial charge in [0.05, 0.1) is 5.56 Å². The highest BCUT2D eigenvalue weighted by atomic mass is 32.1. The summed E-state index contributed by atoms with van der Waals surface area (Å²) < 4.78 is 38.3. The lowest BCUT2D eigenvalue weighted by Gasteiger charge is -2.23. The molecule has 1 amide bonds. The van der Waals surface area contributed by atoms with Crippen LogP contribution in [0, 0.1) is 13.8 Å². The van der Waals surface area contributed by atoms with Gasteiger partial charge < -0.3 is 0 Å². The van der Waals surface area contributed by atoms with Gasteiger partial charge in [0, 0.05) is 16.5 Å². The number of amides is 1. The van der Waals surface area contributed by atoms with Gasteiger partial charge in [0.1, 0.15) is 12.4 Å². The Labute approximate surface area is 124 Å². The van der Waals surface area contributed by atoms with Crippen LogP contribution in [0.25, 0.3) is 0 Å². The monoisotopic (exact) mass is 314 g/mol. The zero-order chi connectivity index (χ0) is 15.6. The van der Waals surface area contributed by atoms with Crippen LogP contribution in [-0.4, -0.2) is 23.6 Å². The van der Waals surface area contributed by atoms with E-state index in [1.807, 2.05) is 6.92 Å². The van der Waals surface area contributed by atoms with E-state index in [-0.39, 0.29) is 11.4 Å². The van der Waals surface area contributed by atoms with Gasteiger partial charge in [-0.2, -0.15) is 13.2 Å². The van der Waals surface area contributed by atoms with Crippen molar-refractivity contribution in [3.63, 3.8) is 0 Å². The Hall–Kier alpha value is -1.89. The number of pyridine rings is 1. The third-order valence-electron chi connectivity index (χ3n) is 3.02. The van der Waals surface area contributed by atoms with Crippen molar-refractivity contribution in [3.8, 4) is 0 Å². The van der Waals surface area contributed by atoms with Crippen LogP contribution in [0.4, 0.5) is 19.0 Å². The predicted molar refractivity (Wildman–Crippen MR) is 75.8 cm³/mol. The molecule has 0 saturated heterocycles. The normalized spacial score (nSPS) is 11.5. The van der Waals surface area contributed by atoms with Crippen molar-refractivity contribution in [2.24, 2.45) is 0 Å². The number of halogens is 3. The number of aromatic nitrogens is 1. The summed E-state index contributed by atoms with van der Waals surface area (Å²) >= 11 is 1.34. The summed E-state index contributed by atoms with van der Waals surface area (Å²) in [6, 6.07) is 4.52. The second-order valence-corrected chi connectivity index (χ2v) is 5.61. The highest BCUT2D eigenvalue weighted by Crippen LogP contribution is 2.26. The summed E-state index contributed by atoms with van der Waals surface area (Å²) in [5.41, 5.74) is 0.987. The van der Waals surface area contributed by atoms with Crippen molar-refractivity contribution in [2.75, 3.05) is 11.4 Å². The Morgan fingerprint density at radius 3 is 2.52 bits per heavy atom. The van der Waals surface area contributed by atoms with E-state index >= 15 is 0 Å². The number of hydrogen-bond donors (Lipinski definition) is 0. The molecule has 3 nitrogen and oxygen atoms in total. The maximum Gasteiger partial charge on any atom is 0.406 e. The van der Waals surface area contributed by atoms with Gasteiger partial charge in [-0.1, -0.05) is 6.07 Å². The van der Waals surface area contributed by atoms with Crippen molar-refractivity contribution in [3.05, 3.63) is 45.8 Å². The molecule has 0 aliphatic carbocycles. The molecular formula is C14H13F3N2OS. The van der Waals surface area contributed by atoms with Crippen LogP contribution >= 0.6 is 11.3 Å². The zero-order valence-corrected chi connectivity index (χ0v) is 12.3. The Bertz CT molecular complexity index is 637. The molecule has 0 aliphatic heterocycles. The Morgan fingerprint density at radius 2 is 2.05 bits per heavy atom. The molecule has 0 aliphatic rings. The van der Waals surface area contributed by atoms with E-state index in [1.54, 1.807) is 24.4 Å². The summed E-state index contributed by atoms with van der Waals surface area (Å²) in [6.45, 7) is 2.19. The van der Waals surface area contributed by atoms with E-state index in [0.29, 0.717) is 10.5 Å². The van der Waals surface area contributed by atoms with Gasteiger partial charge in [-0.05, 0) is 31.5 Å². The lowest BCUT2D eigenvalue weighted by molar-refractivity contribution is -0.118. The van der Waals surface area contributed by atoms with Crippen molar-refractivity contribution < 1.29 is 18.0 Å². The molecule has 2 rings (SSSR count). The van der Waals surface area contributed by atoms with Gasteiger partial charge in [-0.3, -0.25) is 9.69 Å². The fourth-order valence-corrected chi connectivity index (χ4v) is 2.68. The lowest BCUT2D eigenvalue weighted by Crippen LogP contribution is -2.39. The van der Waals surface area contributed by atoms with Crippen molar-refractivity contribution >= 4 is 23.1 Å². The van der Waals surface area contributed by atoms with Crippen LogP contribution in [0.5, 0.6) is 0 Å². The molecule has 7 heteroatoms. The Balaban J connectivity index is 2.40. The van der Waals surface area contributed by atoms with Gasteiger partial charge in [0.15, 0.2) is 0 Å². The van der Waals surface area contributed by atoms with Crippen LogP contribution in [0.3, 0.4) is 0 Å². The first-order valence-electron chi connectivity index (χ1n) is 6.14. The molecule has 0 N–H and O–H groups in total. The van der Waals surface area contributed by atoms with E-state index in [4.69, 9.17) is 0 Å². The van der Waals surface area contributed by atoms with Crippen molar-refractivity contribution in [1.82, 2.24) is 4.98 Å². The lowest BCUT2D eigenvalue weighted by atomic mass is 10.1. The van der Waals surface area contributed by atoms with E-state index in [0.717, 1.165) is 4.88 Å². The van der Waals surface area contributed by atoms with E-state index in [9.17, 15) is 18.0 Å². The van der Waals surface area contributed by atoms with Gasteiger partial charge in [0.2, 0.25) is 0 Å². The van der Waals surface area contributed by atoms with Crippen LogP contribution < -0.4 is 4.90 Å². The number of hydrogen-bond acceptors (Lipinski definition) is 3. The molecule has 2 aromatic rings. The highest BCUT2D eigenvalue weighted by Gasteiger charge is 2.35. The van der Waals surface area contributed by atoms with Gasteiger partial charge in [-0.15, -0.1) is 11.3 Å². The second kappa shape index (κ2) is 5.85. The summed E-state index contributed by atoms with van der Waals surface area (Å²) in [4.78, 5) is 17.9. The summed E-state index contributed by atoms with van der Waals surface area (Å²) in [5.74, 6) is -0.698. The topological polar surface area (TPSA) is 33.2 Å². The minimum atomic E-state index is -4.49. The molecule has 0 saturated carbocycles. The van der Waals surface area contributed by atoms with Gasteiger partial charge in [-0.25, -0.2) is 4.98 Å². The number of anilines is 1. The molecule has 0 atom stereocenters. The maximum absolute atomic E-state index is 12.8. The van der Waals surface area contributed by atoms with Gasteiger partial charge >= 0.3 is 6.18 Å². The molecule has 0 bridgehead atoms. The first-order chi connectivity index (χ1) is 9.79. The molecule has 0 spiro atoms. The molecule has 0 radical (unpaired) electrons. The smallest absolute Gasteiger partial charge is 0.283 e. The third-order valence-corrected chi connectivity index (χ3v) is 4.04. The van der Waals surface area contributed by atoms with Gasteiger partial charge in [0.25, 0.3) is 5.91 Å². The average Bonchev–Trinajstić information content (AvgIpc) is 2.76. The van der Waals surface area contributed by atoms with Crippen LogP contribution in [0.15, 0.2) is 29.8 Å². The molecule has 2 aromatic heterocycles. The number of thiophene rings is 1. The Morgan fingerprint density at radius 1 is 1.33 bits per heavy atom. The molecule has 0 aromatic carbocycles. The van der Waals surface area contributed by atoms with E-state index in [2.05, 4.69) is 4.98 Å². The van der Waals surface area contributed by atoms with Crippen molar-refractivity contribution in [2.45, 2.75) is 20.0 Å². The van der Waals surface area contributed by atoms with Crippen molar-refractivity contribution in [1.29, 1.82) is 0 Å². The summed E-state index contributed by atoms with van der Waals surface area (Å²) in [5, 5.41) is 1.58. The Kier molecular flexibility index (Phi) is 4.32. The fourth-order valence-electron chi connectivity index (χ4n) is 1.82. The van der Waals surface area contributed by atoms with Crippen LogP contribution in [0.2, 0.25) is 0 Å². The summed E-state index contributed by atoms with van der Waals surface area (Å²) in [6.07, 6.45) is -3.14. The number of rotatable bonds is 3. The number of carbonyl (C=O) groups is 1. The molecule has 2 heterocycles. The summed E-state index contributed by atoms with van der Waals surface area (Å²) in [7, 11) is 0. The SMILES string of the molecule is Cc1scc(C(=O)N(CC(F)(F)F)c2ccccn2)c1C. The number of aryl methyl sites for hydroxylation is 1. The first-order valence-corrected chi connectivity index (χ1v) is 7.02. The number of alkyl halides is 3. The first kappa shape index (κ1) is 15.5. The molecule has 21 heavy (non-hydrogen) atoms. The number of nitrogens with zero attached hydrogens (tertiary/aromatic N) is 2. The minimum absolute atomic E-state index is 0.0110. The number of carbonyl (C=O) groups excluding carboxylic acids is 1. The standard InChI is InChI=1S/C14H13F3N2OS/c1-9-10(2)21-7-11(9)13(20)19(8-14(15,16)17)12-5-3-4-6-18-12/h3-7H,8H2,1-2H3. The average molecular weight is 314 g/mol. The highest BCUT2D eigenvalue weighted by molar-refractivity contribution is 7.10. The minimum Gasteiger partial charge on any atom is -0.283 e. The molecule has 0 fully saturated rings. The van der Waals surface area contributed by atoms with Crippen LogP contribution in [0.1, 0.15) is 20.8 Å². The zero-order valence-electron chi connectivity index (χ0n) is 11.4. The molecular weight excluding hydrogens is 301 g/mol. The fraction of sp³-hybridized carbons (Fsp3) is 0.286. The third kappa shape index (κ3) is 3.60.